The maximum atomic E-state index is 12.6. The van der Waals surface area contributed by atoms with E-state index in [-0.39, 0.29) is 24.2 Å². The third-order valence-corrected chi connectivity index (χ3v) is 4.89. The molecule has 1 aromatic rings. The first-order chi connectivity index (χ1) is 10.5. The molecule has 5 nitrogen and oxygen atoms in total. The van der Waals surface area contributed by atoms with Gasteiger partial charge in [-0.25, -0.2) is 0 Å². The fourth-order valence-corrected chi connectivity index (χ4v) is 4.14. The van der Waals surface area contributed by atoms with E-state index in [0.29, 0.717) is 19.9 Å². The fraction of sp³-hybridized carbons (Fsp3) is 0.467. The zero-order valence-electron chi connectivity index (χ0n) is 11.9. The zero-order chi connectivity index (χ0) is 15.7. The van der Waals surface area contributed by atoms with Crippen molar-refractivity contribution in [3.63, 3.8) is 0 Å². The minimum Gasteiger partial charge on any atom is -0.379 e. The smallest absolute Gasteiger partial charge is 0.238 e. The van der Waals surface area contributed by atoms with Crippen LogP contribution in [-0.4, -0.2) is 54.6 Å². The predicted octanol–water partition coefficient (Wildman–Crippen LogP) is 2.34. The molecule has 118 valence electrons. The second-order valence-corrected chi connectivity index (χ2v) is 7.32. The lowest BCUT2D eigenvalue weighted by Crippen LogP contribution is -2.46. The van der Waals surface area contributed by atoms with Crippen LogP contribution in [-0.2, 0) is 14.3 Å². The second kappa shape index (κ2) is 6.78. The van der Waals surface area contributed by atoms with Crippen LogP contribution in [0.15, 0.2) is 27.1 Å². The summed E-state index contributed by atoms with van der Waals surface area (Å²) in [5, 5.41) is 0. The normalized spacial score (nSPS) is 23.4. The number of halogens is 2. The van der Waals surface area contributed by atoms with Crippen LogP contribution >= 0.6 is 31.9 Å². The van der Waals surface area contributed by atoms with Crippen LogP contribution in [0.2, 0.25) is 0 Å². The molecule has 2 heterocycles. The SMILES string of the molecule is O=C1CC(c2cc(Br)cc(Br)c2)C(=O)N1CN1CCOCC1. The monoisotopic (exact) mass is 430 g/mol. The number of ether oxygens (including phenoxy) is 1. The van der Waals surface area contributed by atoms with Gasteiger partial charge in [0.1, 0.15) is 0 Å². The molecule has 7 heteroatoms. The van der Waals surface area contributed by atoms with Crippen molar-refractivity contribution >= 4 is 43.7 Å². The van der Waals surface area contributed by atoms with Gasteiger partial charge < -0.3 is 4.74 Å². The number of hydrogen-bond acceptors (Lipinski definition) is 4. The Morgan fingerprint density at radius 1 is 1.09 bits per heavy atom. The molecule has 0 radical (unpaired) electrons. The maximum absolute atomic E-state index is 12.6. The molecular formula is C15H16Br2N2O3. The number of imide groups is 1. The van der Waals surface area contributed by atoms with E-state index in [1.54, 1.807) is 0 Å². The van der Waals surface area contributed by atoms with E-state index >= 15 is 0 Å². The highest BCUT2D eigenvalue weighted by Crippen LogP contribution is 2.33. The highest BCUT2D eigenvalue weighted by Gasteiger charge is 2.40. The van der Waals surface area contributed by atoms with Crippen molar-refractivity contribution in [1.82, 2.24) is 9.80 Å². The lowest BCUT2D eigenvalue weighted by molar-refractivity contribution is -0.142. The first-order valence-electron chi connectivity index (χ1n) is 7.15. The number of rotatable bonds is 3. The van der Waals surface area contributed by atoms with Gasteiger partial charge >= 0.3 is 0 Å². The summed E-state index contributed by atoms with van der Waals surface area (Å²) < 4.78 is 7.08. The van der Waals surface area contributed by atoms with Gasteiger partial charge in [0.25, 0.3) is 0 Å². The van der Waals surface area contributed by atoms with Crippen LogP contribution in [0.1, 0.15) is 17.9 Å². The number of carbonyl (C=O) groups excluding carboxylic acids is 2. The molecule has 0 saturated carbocycles. The Kier molecular flexibility index (Phi) is 4.97. The van der Waals surface area contributed by atoms with Gasteiger partial charge in [-0.3, -0.25) is 19.4 Å². The van der Waals surface area contributed by atoms with Crippen molar-refractivity contribution in [2.75, 3.05) is 33.0 Å². The van der Waals surface area contributed by atoms with Crippen molar-refractivity contribution in [3.8, 4) is 0 Å². The van der Waals surface area contributed by atoms with Gasteiger partial charge in [-0.1, -0.05) is 31.9 Å². The van der Waals surface area contributed by atoms with Crippen molar-refractivity contribution in [1.29, 1.82) is 0 Å². The molecule has 2 saturated heterocycles. The van der Waals surface area contributed by atoms with E-state index in [4.69, 9.17) is 4.74 Å². The largest absolute Gasteiger partial charge is 0.379 e. The Bertz CT molecular complexity index is 582. The Morgan fingerprint density at radius 3 is 2.36 bits per heavy atom. The molecule has 2 aliphatic heterocycles. The lowest BCUT2D eigenvalue weighted by Gasteiger charge is -2.29. The molecule has 22 heavy (non-hydrogen) atoms. The zero-order valence-corrected chi connectivity index (χ0v) is 15.1. The van der Waals surface area contributed by atoms with Gasteiger partial charge in [0, 0.05) is 28.5 Å². The summed E-state index contributed by atoms with van der Waals surface area (Å²) in [5.74, 6) is -0.596. The summed E-state index contributed by atoms with van der Waals surface area (Å²) in [4.78, 5) is 28.3. The maximum Gasteiger partial charge on any atom is 0.238 e. The number of amides is 2. The molecule has 0 aliphatic carbocycles. The van der Waals surface area contributed by atoms with E-state index in [2.05, 4.69) is 36.8 Å². The topological polar surface area (TPSA) is 49.9 Å². The van der Waals surface area contributed by atoms with E-state index in [0.717, 1.165) is 27.6 Å². The molecule has 1 unspecified atom stereocenters. The number of nitrogens with zero attached hydrogens (tertiary/aromatic N) is 2. The first-order valence-corrected chi connectivity index (χ1v) is 8.73. The molecule has 2 amide bonds. The average Bonchev–Trinajstić information content (AvgIpc) is 2.75. The Labute approximate surface area is 145 Å². The van der Waals surface area contributed by atoms with Gasteiger partial charge in [-0.15, -0.1) is 0 Å². The van der Waals surface area contributed by atoms with Gasteiger partial charge in [0.15, 0.2) is 0 Å². The number of morpholine rings is 1. The Hall–Kier alpha value is -0.760. The summed E-state index contributed by atoms with van der Waals surface area (Å²) in [5.41, 5.74) is 0.865. The summed E-state index contributed by atoms with van der Waals surface area (Å²) in [7, 11) is 0. The third kappa shape index (κ3) is 3.42. The summed E-state index contributed by atoms with van der Waals surface area (Å²) in [6.45, 7) is 3.18. The minimum atomic E-state index is -0.387. The number of carbonyl (C=O) groups is 2. The quantitative estimate of drug-likeness (QED) is 0.689. The van der Waals surface area contributed by atoms with E-state index < -0.39 is 0 Å². The first kappa shape index (κ1) is 16.1. The summed E-state index contributed by atoms with van der Waals surface area (Å²) in [6, 6.07) is 5.72. The Balaban J connectivity index is 1.75. The fourth-order valence-electron chi connectivity index (χ4n) is 2.81. The van der Waals surface area contributed by atoms with E-state index in [1.165, 1.54) is 4.90 Å². The number of benzene rings is 1. The molecule has 2 aliphatic rings. The molecule has 3 rings (SSSR count). The summed E-state index contributed by atoms with van der Waals surface area (Å²) in [6.07, 6.45) is 0.242. The molecule has 0 N–H and O–H groups in total. The number of hydrogen-bond donors (Lipinski definition) is 0. The molecule has 1 atom stereocenters. The molecule has 0 aromatic heterocycles. The van der Waals surface area contributed by atoms with Crippen LogP contribution < -0.4 is 0 Å². The minimum absolute atomic E-state index is 0.0995. The van der Waals surface area contributed by atoms with Crippen molar-refractivity contribution < 1.29 is 14.3 Å². The standard InChI is InChI=1S/C15H16Br2N2O3/c16-11-5-10(6-12(17)7-11)13-8-14(20)19(15(13)21)9-18-1-3-22-4-2-18/h5-7,13H,1-4,8-9H2. The molecule has 0 spiro atoms. The highest BCUT2D eigenvalue weighted by molar-refractivity contribution is 9.11. The van der Waals surface area contributed by atoms with Crippen molar-refractivity contribution in [2.45, 2.75) is 12.3 Å². The average molecular weight is 432 g/mol. The lowest BCUT2D eigenvalue weighted by atomic mass is 9.98. The van der Waals surface area contributed by atoms with Crippen LogP contribution in [0, 0.1) is 0 Å². The number of likely N-dealkylation sites (tertiary alicyclic amines) is 1. The van der Waals surface area contributed by atoms with E-state index in [9.17, 15) is 9.59 Å². The Morgan fingerprint density at radius 2 is 1.73 bits per heavy atom. The van der Waals surface area contributed by atoms with Gasteiger partial charge in [-0.2, -0.15) is 0 Å². The second-order valence-electron chi connectivity index (χ2n) is 5.49. The third-order valence-electron chi connectivity index (χ3n) is 3.98. The van der Waals surface area contributed by atoms with Crippen LogP contribution in [0.25, 0.3) is 0 Å². The molecule has 0 bridgehead atoms. The predicted molar refractivity (Wildman–Crippen MR) is 88.3 cm³/mol. The van der Waals surface area contributed by atoms with Gasteiger partial charge in [-0.05, 0) is 23.8 Å². The van der Waals surface area contributed by atoms with Crippen LogP contribution in [0.3, 0.4) is 0 Å². The molecular weight excluding hydrogens is 416 g/mol. The van der Waals surface area contributed by atoms with Crippen LogP contribution in [0.4, 0.5) is 0 Å². The molecule has 1 aromatic carbocycles. The van der Waals surface area contributed by atoms with Crippen molar-refractivity contribution in [2.24, 2.45) is 0 Å². The van der Waals surface area contributed by atoms with E-state index in [1.807, 2.05) is 18.2 Å². The highest BCUT2D eigenvalue weighted by atomic mass is 79.9. The van der Waals surface area contributed by atoms with Crippen LogP contribution in [0.5, 0.6) is 0 Å². The summed E-state index contributed by atoms with van der Waals surface area (Å²) >= 11 is 6.86. The van der Waals surface area contributed by atoms with Gasteiger partial charge in [0.2, 0.25) is 11.8 Å². The molecule has 2 fully saturated rings. The van der Waals surface area contributed by atoms with Gasteiger partial charge in [0.05, 0.1) is 25.8 Å². The van der Waals surface area contributed by atoms with Crippen molar-refractivity contribution in [3.05, 3.63) is 32.7 Å².